The van der Waals surface area contributed by atoms with E-state index in [0.29, 0.717) is 9.21 Å². The summed E-state index contributed by atoms with van der Waals surface area (Å²) in [6.45, 7) is 0. The maximum Gasteiger partial charge on any atom is 0.373 e. The molecule has 0 aliphatic heterocycles. The molecule has 1 rings (SSSR count). The first kappa shape index (κ1) is 11.7. The van der Waals surface area contributed by atoms with Crippen LogP contribution in [0.2, 0.25) is 4.34 Å². The average Bonchev–Trinajstić information content (AvgIpc) is 2.63. The van der Waals surface area contributed by atoms with Crippen LogP contribution in [0.3, 0.4) is 0 Å². The number of carbonyl (C=O) groups is 2. The summed E-state index contributed by atoms with van der Waals surface area (Å²) in [6.07, 6.45) is 0.800. The van der Waals surface area contributed by atoms with E-state index in [4.69, 9.17) is 16.7 Å². The number of methoxy groups -OCH3 is 1. The lowest BCUT2D eigenvalue weighted by Crippen LogP contribution is -2.06. The predicted octanol–water partition coefficient (Wildman–Crippen LogP) is 2.20. The number of carbonyl (C=O) groups excluding carboxylic acids is 2. The quantitative estimate of drug-likeness (QED) is 0.384. The van der Waals surface area contributed by atoms with E-state index in [-0.39, 0.29) is 0 Å². The maximum atomic E-state index is 11.4. The van der Waals surface area contributed by atoms with Gasteiger partial charge in [-0.3, -0.25) is 4.79 Å². The first-order chi connectivity index (χ1) is 7.04. The molecule has 1 heterocycles. The standard InChI is InChI=1S/C9H7ClO4S/c1-14-9(13)6(12)4-5(11)7-2-3-8(10)15-7/h2-4,12H,1H3/b6-4-. The molecular weight excluding hydrogens is 240 g/mol. The number of thiophene rings is 1. The number of ketones is 1. The van der Waals surface area contributed by atoms with E-state index in [2.05, 4.69) is 4.74 Å². The second kappa shape index (κ2) is 4.95. The van der Waals surface area contributed by atoms with Crippen LogP contribution in [0.25, 0.3) is 0 Å². The summed E-state index contributed by atoms with van der Waals surface area (Å²) in [5.41, 5.74) is 0. The first-order valence-corrected chi connectivity index (χ1v) is 5.02. The molecule has 1 N–H and O–H groups in total. The van der Waals surface area contributed by atoms with Crippen molar-refractivity contribution in [2.75, 3.05) is 7.11 Å². The Morgan fingerprint density at radius 2 is 2.20 bits per heavy atom. The van der Waals surface area contributed by atoms with Crippen LogP contribution in [0.15, 0.2) is 24.0 Å². The van der Waals surface area contributed by atoms with Gasteiger partial charge >= 0.3 is 5.97 Å². The van der Waals surface area contributed by atoms with Crippen molar-refractivity contribution >= 4 is 34.7 Å². The molecule has 0 fully saturated rings. The van der Waals surface area contributed by atoms with Gasteiger partial charge in [0.05, 0.1) is 16.3 Å². The number of aliphatic hydroxyl groups excluding tert-OH is 1. The number of hydrogen-bond acceptors (Lipinski definition) is 5. The van der Waals surface area contributed by atoms with Gasteiger partial charge in [0.1, 0.15) is 0 Å². The molecule has 1 aromatic rings. The van der Waals surface area contributed by atoms with E-state index in [1.165, 1.54) is 6.07 Å². The van der Waals surface area contributed by atoms with Crippen molar-refractivity contribution < 1.29 is 19.4 Å². The normalized spacial score (nSPS) is 11.2. The van der Waals surface area contributed by atoms with Gasteiger partial charge in [0.15, 0.2) is 5.78 Å². The molecule has 0 bridgehead atoms. The minimum atomic E-state index is -0.953. The number of esters is 1. The largest absolute Gasteiger partial charge is 0.502 e. The van der Waals surface area contributed by atoms with Crippen LogP contribution in [-0.4, -0.2) is 24.0 Å². The van der Waals surface area contributed by atoms with E-state index in [1.807, 2.05) is 0 Å². The third-order valence-electron chi connectivity index (χ3n) is 1.48. The number of hydrogen-bond donors (Lipinski definition) is 1. The molecule has 15 heavy (non-hydrogen) atoms. The lowest BCUT2D eigenvalue weighted by Gasteiger charge is -1.95. The first-order valence-electron chi connectivity index (χ1n) is 3.83. The number of aliphatic hydroxyl groups is 1. The van der Waals surface area contributed by atoms with Crippen LogP contribution in [-0.2, 0) is 9.53 Å². The van der Waals surface area contributed by atoms with Crippen molar-refractivity contribution in [3.63, 3.8) is 0 Å². The van der Waals surface area contributed by atoms with Crippen molar-refractivity contribution in [3.05, 3.63) is 33.2 Å². The van der Waals surface area contributed by atoms with Gasteiger partial charge in [0.2, 0.25) is 5.76 Å². The molecule has 0 atom stereocenters. The van der Waals surface area contributed by atoms with Gasteiger partial charge in [-0.1, -0.05) is 11.6 Å². The van der Waals surface area contributed by atoms with Crippen molar-refractivity contribution in [2.45, 2.75) is 0 Å². The maximum absolute atomic E-state index is 11.4. The van der Waals surface area contributed by atoms with Crippen molar-refractivity contribution in [1.82, 2.24) is 0 Å². The molecule has 0 spiro atoms. The van der Waals surface area contributed by atoms with Gasteiger partial charge in [0.25, 0.3) is 0 Å². The van der Waals surface area contributed by atoms with Gasteiger partial charge < -0.3 is 9.84 Å². The Bertz CT molecular complexity index is 422. The van der Waals surface area contributed by atoms with Crippen molar-refractivity contribution in [1.29, 1.82) is 0 Å². The topological polar surface area (TPSA) is 63.6 Å². The average molecular weight is 247 g/mol. The summed E-state index contributed by atoms with van der Waals surface area (Å²) in [5, 5.41) is 9.09. The van der Waals surface area contributed by atoms with E-state index in [0.717, 1.165) is 24.5 Å². The highest BCUT2D eigenvalue weighted by Gasteiger charge is 2.12. The summed E-state index contributed by atoms with van der Waals surface area (Å²) in [4.78, 5) is 22.5. The molecule has 0 radical (unpaired) electrons. The van der Waals surface area contributed by atoms with Crippen molar-refractivity contribution in [2.24, 2.45) is 0 Å². The number of ether oxygens (including phenoxy) is 1. The summed E-state index contributed by atoms with van der Waals surface area (Å²) < 4.78 is 4.68. The minimum Gasteiger partial charge on any atom is -0.502 e. The van der Waals surface area contributed by atoms with E-state index >= 15 is 0 Å². The number of rotatable bonds is 3. The fraction of sp³-hybridized carbons (Fsp3) is 0.111. The van der Waals surface area contributed by atoms with E-state index in [9.17, 15) is 9.59 Å². The smallest absolute Gasteiger partial charge is 0.373 e. The van der Waals surface area contributed by atoms with E-state index < -0.39 is 17.5 Å². The molecule has 0 saturated carbocycles. The van der Waals surface area contributed by atoms with Crippen LogP contribution in [0.1, 0.15) is 9.67 Å². The van der Waals surface area contributed by atoms with Gasteiger partial charge in [-0.05, 0) is 12.1 Å². The number of halogens is 1. The molecule has 6 heteroatoms. The highest BCUT2D eigenvalue weighted by molar-refractivity contribution is 7.18. The monoisotopic (exact) mass is 246 g/mol. The minimum absolute atomic E-state index is 0.343. The summed E-state index contributed by atoms with van der Waals surface area (Å²) in [7, 11) is 1.11. The molecule has 80 valence electrons. The van der Waals surface area contributed by atoms with Gasteiger partial charge in [-0.2, -0.15) is 0 Å². The highest BCUT2D eigenvalue weighted by Crippen LogP contribution is 2.22. The molecule has 0 unspecified atom stereocenters. The van der Waals surface area contributed by atoms with Crippen LogP contribution in [0, 0.1) is 0 Å². The predicted molar refractivity (Wildman–Crippen MR) is 56.4 cm³/mol. The zero-order chi connectivity index (χ0) is 11.4. The Morgan fingerprint density at radius 1 is 1.53 bits per heavy atom. The molecular formula is C9H7ClO4S. The third kappa shape index (κ3) is 3.07. The van der Waals surface area contributed by atoms with Gasteiger partial charge in [0, 0.05) is 6.08 Å². The van der Waals surface area contributed by atoms with Gasteiger partial charge in [-0.15, -0.1) is 11.3 Å². The summed E-state index contributed by atoms with van der Waals surface area (Å²) in [5.74, 6) is -2.17. The zero-order valence-corrected chi connectivity index (χ0v) is 9.26. The SMILES string of the molecule is COC(=O)/C(O)=C/C(=O)c1ccc(Cl)s1. The lowest BCUT2D eigenvalue weighted by molar-refractivity contribution is -0.139. The second-order valence-electron chi connectivity index (χ2n) is 2.49. The Kier molecular flexibility index (Phi) is 3.88. The van der Waals surface area contributed by atoms with Crippen LogP contribution in [0.5, 0.6) is 0 Å². The Balaban J connectivity index is 2.83. The molecule has 0 aliphatic carbocycles. The highest BCUT2D eigenvalue weighted by atomic mass is 35.5. The zero-order valence-electron chi connectivity index (χ0n) is 7.69. The van der Waals surface area contributed by atoms with Crippen LogP contribution in [0.4, 0.5) is 0 Å². The molecule has 0 aromatic carbocycles. The van der Waals surface area contributed by atoms with Crippen molar-refractivity contribution in [3.8, 4) is 0 Å². The molecule has 1 aromatic heterocycles. The molecule has 0 amide bonds. The summed E-state index contributed by atoms with van der Waals surface area (Å²) in [6, 6.07) is 3.07. The van der Waals surface area contributed by atoms with Crippen LogP contribution >= 0.6 is 22.9 Å². The molecule has 0 saturated heterocycles. The second-order valence-corrected chi connectivity index (χ2v) is 4.20. The Hall–Kier alpha value is -1.33. The van der Waals surface area contributed by atoms with Crippen LogP contribution < -0.4 is 0 Å². The Labute approximate surface area is 94.7 Å². The lowest BCUT2D eigenvalue weighted by atomic mass is 10.3. The fourth-order valence-electron chi connectivity index (χ4n) is 0.806. The third-order valence-corrected chi connectivity index (χ3v) is 2.72. The molecule has 0 aliphatic rings. The fourth-order valence-corrected chi connectivity index (χ4v) is 1.76. The van der Waals surface area contributed by atoms with E-state index in [1.54, 1.807) is 6.07 Å². The number of allylic oxidation sites excluding steroid dienone is 1. The summed E-state index contributed by atoms with van der Waals surface area (Å²) >= 11 is 6.69. The molecule has 4 nitrogen and oxygen atoms in total. The Morgan fingerprint density at radius 3 is 2.67 bits per heavy atom. The van der Waals surface area contributed by atoms with Gasteiger partial charge in [-0.25, -0.2) is 4.79 Å².